The van der Waals surface area contributed by atoms with Crippen molar-refractivity contribution in [1.82, 2.24) is 0 Å². The van der Waals surface area contributed by atoms with Crippen molar-refractivity contribution in [3.8, 4) is 5.75 Å². The van der Waals surface area contributed by atoms with Crippen LogP contribution in [0.1, 0.15) is 18.1 Å². The standard InChI is InChI=1S/C16H15NO2/c1-12(18)17-15-8-4-13(5-9-15)2-3-14-6-10-16(19)11-7-14/h2-11,19H,1H3,(H,17,18). The number of aromatic hydroxyl groups is 1. The van der Waals surface area contributed by atoms with Gasteiger partial charge in [0.05, 0.1) is 0 Å². The highest BCUT2D eigenvalue weighted by Crippen LogP contribution is 2.14. The highest BCUT2D eigenvalue weighted by Gasteiger charge is 1.94. The molecule has 0 aliphatic carbocycles. The number of amides is 1. The Kier molecular flexibility index (Phi) is 3.98. The van der Waals surface area contributed by atoms with E-state index in [0.29, 0.717) is 0 Å². The Balaban J connectivity index is 2.06. The predicted octanol–water partition coefficient (Wildman–Crippen LogP) is 3.52. The van der Waals surface area contributed by atoms with Crippen LogP contribution >= 0.6 is 0 Å². The van der Waals surface area contributed by atoms with E-state index in [9.17, 15) is 9.90 Å². The molecule has 2 rings (SSSR count). The van der Waals surface area contributed by atoms with Gasteiger partial charge in [-0.15, -0.1) is 0 Å². The van der Waals surface area contributed by atoms with Crippen molar-refractivity contribution in [2.45, 2.75) is 6.92 Å². The normalized spacial score (nSPS) is 10.6. The number of nitrogens with one attached hydrogen (secondary N) is 1. The summed E-state index contributed by atoms with van der Waals surface area (Å²) in [5.41, 5.74) is 2.85. The fourth-order valence-corrected chi connectivity index (χ4v) is 1.66. The lowest BCUT2D eigenvalue weighted by atomic mass is 10.1. The number of hydrogen-bond acceptors (Lipinski definition) is 2. The molecule has 0 saturated heterocycles. The van der Waals surface area contributed by atoms with Crippen LogP contribution in [0, 0.1) is 0 Å². The second-order valence-electron chi connectivity index (χ2n) is 4.23. The summed E-state index contributed by atoms with van der Waals surface area (Å²) in [6, 6.07) is 14.6. The third-order valence-electron chi connectivity index (χ3n) is 2.59. The molecule has 96 valence electrons. The molecule has 0 aromatic heterocycles. The molecule has 3 heteroatoms. The molecular weight excluding hydrogens is 238 g/mol. The molecule has 0 saturated carbocycles. The maximum atomic E-state index is 10.9. The first-order chi connectivity index (χ1) is 9.13. The fraction of sp³-hybridized carbons (Fsp3) is 0.0625. The number of phenolic OH excluding ortho intramolecular Hbond substituents is 1. The van der Waals surface area contributed by atoms with E-state index in [2.05, 4.69) is 5.32 Å². The summed E-state index contributed by atoms with van der Waals surface area (Å²) in [6.45, 7) is 1.48. The summed E-state index contributed by atoms with van der Waals surface area (Å²) in [5, 5.41) is 11.9. The van der Waals surface area contributed by atoms with Gasteiger partial charge in [-0.1, -0.05) is 36.4 Å². The number of anilines is 1. The monoisotopic (exact) mass is 253 g/mol. The van der Waals surface area contributed by atoms with Crippen molar-refractivity contribution >= 4 is 23.7 Å². The molecule has 0 atom stereocenters. The maximum Gasteiger partial charge on any atom is 0.221 e. The van der Waals surface area contributed by atoms with Crippen molar-refractivity contribution < 1.29 is 9.90 Å². The number of rotatable bonds is 3. The summed E-state index contributed by atoms with van der Waals surface area (Å²) < 4.78 is 0. The van der Waals surface area contributed by atoms with E-state index in [1.54, 1.807) is 12.1 Å². The van der Waals surface area contributed by atoms with Crippen LogP contribution in [0.25, 0.3) is 12.2 Å². The molecule has 0 aliphatic heterocycles. The Hall–Kier alpha value is -2.55. The zero-order chi connectivity index (χ0) is 13.7. The van der Waals surface area contributed by atoms with E-state index in [1.807, 2.05) is 48.6 Å². The fourth-order valence-electron chi connectivity index (χ4n) is 1.66. The predicted molar refractivity (Wildman–Crippen MR) is 77.8 cm³/mol. The van der Waals surface area contributed by atoms with Gasteiger partial charge in [-0.3, -0.25) is 4.79 Å². The molecule has 2 aromatic rings. The van der Waals surface area contributed by atoms with Gasteiger partial charge in [0.1, 0.15) is 5.75 Å². The summed E-state index contributed by atoms with van der Waals surface area (Å²) in [5.74, 6) is 0.184. The minimum absolute atomic E-state index is 0.0765. The zero-order valence-electron chi connectivity index (χ0n) is 10.6. The first-order valence-electron chi connectivity index (χ1n) is 5.98. The van der Waals surface area contributed by atoms with Gasteiger partial charge in [0.15, 0.2) is 0 Å². The third-order valence-corrected chi connectivity index (χ3v) is 2.59. The lowest BCUT2D eigenvalue weighted by Gasteiger charge is -2.01. The SMILES string of the molecule is CC(=O)Nc1ccc(C=Cc2ccc(O)cc2)cc1. The minimum Gasteiger partial charge on any atom is -0.508 e. The smallest absolute Gasteiger partial charge is 0.221 e. The van der Waals surface area contributed by atoms with Crippen LogP contribution in [-0.2, 0) is 4.79 Å². The average Bonchev–Trinajstić information content (AvgIpc) is 2.39. The number of benzene rings is 2. The highest BCUT2D eigenvalue weighted by molar-refractivity contribution is 5.88. The average molecular weight is 253 g/mol. The van der Waals surface area contributed by atoms with E-state index in [4.69, 9.17) is 0 Å². The van der Waals surface area contributed by atoms with Crippen LogP contribution in [0.15, 0.2) is 48.5 Å². The molecule has 2 N–H and O–H groups in total. The molecule has 0 unspecified atom stereocenters. The Bertz CT molecular complexity index is 583. The van der Waals surface area contributed by atoms with Crippen LogP contribution in [-0.4, -0.2) is 11.0 Å². The van der Waals surface area contributed by atoms with Crippen molar-refractivity contribution in [3.63, 3.8) is 0 Å². The molecule has 0 radical (unpaired) electrons. The number of carbonyl (C=O) groups is 1. The summed E-state index contributed by atoms with van der Waals surface area (Å²) in [4.78, 5) is 10.9. The first-order valence-corrected chi connectivity index (χ1v) is 5.98. The van der Waals surface area contributed by atoms with Gasteiger partial charge in [0, 0.05) is 12.6 Å². The molecular formula is C16H15NO2. The molecule has 0 aliphatic rings. The summed E-state index contributed by atoms with van der Waals surface area (Å²) in [7, 11) is 0. The Morgan fingerprint density at radius 3 is 1.89 bits per heavy atom. The zero-order valence-corrected chi connectivity index (χ0v) is 10.6. The van der Waals surface area contributed by atoms with Crippen molar-refractivity contribution in [2.75, 3.05) is 5.32 Å². The molecule has 0 fully saturated rings. The lowest BCUT2D eigenvalue weighted by molar-refractivity contribution is -0.114. The molecule has 0 spiro atoms. The topological polar surface area (TPSA) is 49.3 Å². The minimum atomic E-state index is -0.0765. The van der Waals surface area contributed by atoms with Gasteiger partial charge in [-0.05, 0) is 35.4 Å². The second-order valence-corrected chi connectivity index (χ2v) is 4.23. The van der Waals surface area contributed by atoms with Gasteiger partial charge >= 0.3 is 0 Å². The van der Waals surface area contributed by atoms with Crippen LogP contribution in [0.2, 0.25) is 0 Å². The Labute approximate surface area is 112 Å². The maximum absolute atomic E-state index is 10.9. The number of carbonyl (C=O) groups excluding carboxylic acids is 1. The Morgan fingerprint density at radius 1 is 0.947 bits per heavy atom. The quantitative estimate of drug-likeness (QED) is 0.822. The van der Waals surface area contributed by atoms with E-state index >= 15 is 0 Å². The van der Waals surface area contributed by atoms with Crippen molar-refractivity contribution in [1.29, 1.82) is 0 Å². The molecule has 0 bridgehead atoms. The van der Waals surface area contributed by atoms with Gasteiger partial charge in [0.25, 0.3) is 0 Å². The van der Waals surface area contributed by atoms with Gasteiger partial charge < -0.3 is 10.4 Å². The van der Waals surface area contributed by atoms with E-state index in [-0.39, 0.29) is 11.7 Å². The molecule has 2 aromatic carbocycles. The van der Waals surface area contributed by atoms with Gasteiger partial charge in [-0.25, -0.2) is 0 Å². The highest BCUT2D eigenvalue weighted by atomic mass is 16.3. The summed E-state index contributed by atoms with van der Waals surface area (Å²) in [6.07, 6.45) is 3.94. The molecule has 3 nitrogen and oxygen atoms in total. The van der Waals surface area contributed by atoms with Crippen LogP contribution in [0.4, 0.5) is 5.69 Å². The van der Waals surface area contributed by atoms with Gasteiger partial charge in [-0.2, -0.15) is 0 Å². The van der Waals surface area contributed by atoms with Crippen molar-refractivity contribution in [3.05, 3.63) is 59.7 Å². The number of hydrogen-bond donors (Lipinski definition) is 2. The van der Waals surface area contributed by atoms with Crippen LogP contribution in [0.5, 0.6) is 5.75 Å². The van der Waals surface area contributed by atoms with Gasteiger partial charge in [0.2, 0.25) is 5.91 Å². The van der Waals surface area contributed by atoms with E-state index in [0.717, 1.165) is 16.8 Å². The largest absolute Gasteiger partial charge is 0.508 e. The molecule has 0 heterocycles. The Morgan fingerprint density at radius 2 is 1.42 bits per heavy atom. The van der Waals surface area contributed by atoms with E-state index < -0.39 is 0 Å². The first kappa shape index (κ1) is 12.9. The molecule has 19 heavy (non-hydrogen) atoms. The van der Waals surface area contributed by atoms with Crippen LogP contribution < -0.4 is 5.32 Å². The molecule has 1 amide bonds. The van der Waals surface area contributed by atoms with Crippen LogP contribution in [0.3, 0.4) is 0 Å². The summed E-state index contributed by atoms with van der Waals surface area (Å²) >= 11 is 0. The second kappa shape index (κ2) is 5.87. The lowest BCUT2D eigenvalue weighted by Crippen LogP contribution is -2.05. The van der Waals surface area contributed by atoms with E-state index in [1.165, 1.54) is 6.92 Å². The van der Waals surface area contributed by atoms with Crippen molar-refractivity contribution in [2.24, 2.45) is 0 Å². The number of phenols is 1. The third kappa shape index (κ3) is 4.00.